The fourth-order valence-electron chi connectivity index (χ4n) is 1.83. The fourth-order valence-corrected chi connectivity index (χ4v) is 2.53. The lowest BCUT2D eigenvalue weighted by atomic mass is 10.1. The number of hydrogen-bond acceptors (Lipinski definition) is 5. The quantitative estimate of drug-likeness (QED) is 0.800. The molecule has 0 bridgehead atoms. The van der Waals surface area contributed by atoms with Gasteiger partial charge in [0.05, 0.1) is 5.69 Å². The van der Waals surface area contributed by atoms with Crippen LogP contribution in [0.5, 0.6) is 0 Å². The van der Waals surface area contributed by atoms with Crippen molar-refractivity contribution in [3.63, 3.8) is 0 Å². The van der Waals surface area contributed by atoms with Crippen LogP contribution in [0, 0.1) is 18.6 Å². The fraction of sp³-hybridized carbons (Fsp3) is 0.0714. The Kier molecular flexibility index (Phi) is 3.68. The predicted molar refractivity (Wildman–Crippen MR) is 76.7 cm³/mol. The van der Waals surface area contributed by atoms with Crippen molar-refractivity contribution in [1.82, 2.24) is 9.97 Å². The zero-order valence-electron chi connectivity index (χ0n) is 11.3. The first kappa shape index (κ1) is 14.3. The monoisotopic (exact) mass is 321 g/mol. The zero-order valence-corrected chi connectivity index (χ0v) is 12.1. The van der Waals surface area contributed by atoms with Crippen molar-refractivity contribution in [3.05, 3.63) is 53.1 Å². The van der Waals surface area contributed by atoms with Crippen molar-refractivity contribution in [1.29, 1.82) is 0 Å². The van der Waals surface area contributed by atoms with Crippen LogP contribution in [-0.4, -0.2) is 15.9 Å². The zero-order chi connectivity index (χ0) is 15.7. The molecule has 8 heteroatoms. The van der Waals surface area contributed by atoms with Crippen LogP contribution in [0.15, 0.2) is 34.4 Å². The smallest absolute Gasteiger partial charge is 0.279 e. The van der Waals surface area contributed by atoms with E-state index in [-0.39, 0.29) is 22.1 Å². The Hall–Kier alpha value is -2.61. The van der Waals surface area contributed by atoms with Gasteiger partial charge in [0.15, 0.2) is 17.2 Å². The maximum Gasteiger partial charge on any atom is 0.279 e. The molecular weight excluding hydrogens is 312 g/mol. The molecule has 0 radical (unpaired) electrons. The van der Waals surface area contributed by atoms with Gasteiger partial charge in [-0.15, -0.1) is 11.3 Å². The lowest BCUT2D eigenvalue weighted by Gasteiger charge is -2.00. The van der Waals surface area contributed by atoms with Crippen molar-refractivity contribution in [2.75, 3.05) is 5.32 Å². The first-order valence-electron chi connectivity index (χ1n) is 6.17. The van der Waals surface area contributed by atoms with E-state index in [0.29, 0.717) is 5.76 Å². The molecule has 22 heavy (non-hydrogen) atoms. The first-order chi connectivity index (χ1) is 10.5. The molecule has 2 aromatic heterocycles. The highest BCUT2D eigenvalue weighted by Crippen LogP contribution is 2.27. The van der Waals surface area contributed by atoms with E-state index in [9.17, 15) is 13.6 Å². The van der Waals surface area contributed by atoms with Gasteiger partial charge in [0.2, 0.25) is 0 Å². The number of benzene rings is 1. The molecule has 0 aliphatic heterocycles. The number of hydrogen-bond donors (Lipinski definition) is 1. The molecule has 0 aliphatic rings. The highest BCUT2D eigenvalue weighted by Gasteiger charge is 2.16. The molecule has 0 atom stereocenters. The number of nitrogens with zero attached hydrogens (tertiary/aromatic N) is 2. The van der Waals surface area contributed by atoms with Gasteiger partial charge in [-0.1, -0.05) is 0 Å². The summed E-state index contributed by atoms with van der Waals surface area (Å²) in [6, 6.07) is 3.11. The van der Waals surface area contributed by atoms with Crippen LogP contribution in [0.2, 0.25) is 0 Å². The number of aryl methyl sites for hydroxylation is 1. The number of halogens is 2. The summed E-state index contributed by atoms with van der Waals surface area (Å²) in [5, 5.41) is 4.33. The van der Waals surface area contributed by atoms with Gasteiger partial charge < -0.3 is 4.42 Å². The third kappa shape index (κ3) is 2.73. The van der Waals surface area contributed by atoms with Gasteiger partial charge in [0.25, 0.3) is 5.91 Å². The van der Waals surface area contributed by atoms with Gasteiger partial charge in [0, 0.05) is 10.9 Å². The molecule has 0 spiro atoms. The van der Waals surface area contributed by atoms with Gasteiger partial charge in [-0.05, 0) is 25.1 Å². The summed E-state index contributed by atoms with van der Waals surface area (Å²) < 4.78 is 31.8. The van der Waals surface area contributed by atoms with E-state index in [4.69, 9.17) is 4.42 Å². The molecular formula is C14H9F2N3O2S. The van der Waals surface area contributed by atoms with E-state index in [1.54, 1.807) is 6.92 Å². The lowest BCUT2D eigenvalue weighted by molar-refractivity contribution is 0.102. The van der Waals surface area contributed by atoms with Gasteiger partial charge in [-0.3, -0.25) is 10.1 Å². The molecule has 5 nitrogen and oxygen atoms in total. The van der Waals surface area contributed by atoms with Gasteiger partial charge in [0.1, 0.15) is 17.4 Å². The first-order valence-corrected chi connectivity index (χ1v) is 7.05. The third-order valence-corrected chi connectivity index (χ3v) is 3.65. The molecule has 0 fully saturated rings. The van der Waals surface area contributed by atoms with Crippen LogP contribution < -0.4 is 5.32 Å². The van der Waals surface area contributed by atoms with Crippen molar-refractivity contribution < 1.29 is 18.0 Å². The van der Waals surface area contributed by atoms with E-state index < -0.39 is 17.5 Å². The summed E-state index contributed by atoms with van der Waals surface area (Å²) in [6.07, 6.45) is 1.17. The van der Waals surface area contributed by atoms with Crippen LogP contribution in [0.4, 0.5) is 13.9 Å². The number of nitrogens with one attached hydrogen (secondary N) is 1. The number of anilines is 1. The van der Waals surface area contributed by atoms with Crippen molar-refractivity contribution in [2.45, 2.75) is 6.92 Å². The average Bonchev–Trinajstić information content (AvgIpc) is 3.10. The van der Waals surface area contributed by atoms with Crippen LogP contribution in [0.3, 0.4) is 0 Å². The highest BCUT2D eigenvalue weighted by molar-refractivity contribution is 7.14. The maximum atomic E-state index is 13.7. The molecule has 0 aliphatic carbocycles. The Morgan fingerprint density at radius 2 is 2.18 bits per heavy atom. The number of carbonyl (C=O) groups excluding carboxylic acids is 1. The number of rotatable bonds is 3. The Labute approximate surface area is 127 Å². The standard InChI is InChI=1S/C14H9F2N3O2S/c1-7-12(17-6-21-7)13(20)19-14-18-11(5-22-14)9-4-8(15)2-3-10(9)16/h2-6H,1H3,(H,18,19,20). The minimum Gasteiger partial charge on any atom is -0.448 e. The molecule has 2 heterocycles. The SMILES string of the molecule is Cc1ocnc1C(=O)Nc1nc(-c2cc(F)ccc2F)cs1. The Bertz CT molecular complexity index is 844. The minimum atomic E-state index is -0.586. The van der Waals surface area contributed by atoms with E-state index in [2.05, 4.69) is 15.3 Å². The van der Waals surface area contributed by atoms with Gasteiger partial charge in [-0.25, -0.2) is 18.7 Å². The van der Waals surface area contributed by atoms with Crippen molar-refractivity contribution in [3.8, 4) is 11.3 Å². The second-order valence-corrected chi connectivity index (χ2v) is 5.23. The van der Waals surface area contributed by atoms with Crippen LogP contribution in [0.1, 0.15) is 16.2 Å². The minimum absolute atomic E-state index is 0.0364. The van der Waals surface area contributed by atoms with Crippen molar-refractivity contribution >= 4 is 22.4 Å². The van der Waals surface area contributed by atoms with Crippen LogP contribution >= 0.6 is 11.3 Å². The van der Waals surface area contributed by atoms with Gasteiger partial charge in [-0.2, -0.15) is 0 Å². The molecule has 0 saturated carbocycles. The Balaban J connectivity index is 1.84. The maximum absolute atomic E-state index is 13.7. The molecule has 1 aromatic carbocycles. The largest absolute Gasteiger partial charge is 0.448 e. The third-order valence-electron chi connectivity index (χ3n) is 2.89. The number of amides is 1. The van der Waals surface area contributed by atoms with Crippen LogP contribution in [0.25, 0.3) is 11.3 Å². The second kappa shape index (κ2) is 5.64. The van der Waals surface area contributed by atoms with Gasteiger partial charge >= 0.3 is 0 Å². The van der Waals surface area contributed by atoms with E-state index >= 15 is 0 Å². The summed E-state index contributed by atoms with van der Waals surface area (Å²) in [5.41, 5.74) is 0.428. The molecule has 0 unspecified atom stereocenters. The normalized spacial score (nSPS) is 10.7. The van der Waals surface area contributed by atoms with Crippen molar-refractivity contribution in [2.24, 2.45) is 0 Å². The Morgan fingerprint density at radius 1 is 1.36 bits per heavy atom. The molecule has 3 rings (SSSR count). The van der Waals surface area contributed by atoms with E-state index in [0.717, 1.165) is 29.5 Å². The van der Waals surface area contributed by atoms with Crippen LogP contribution in [-0.2, 0) is 0 Å². The number of oxazole rings is 1. The van der Waals surface area contributed by atoms with E-state index in [1.807, 2.05) is 0 Å². The predicted octanol–water partition coefficient (Wildman–Crippen LogP) is 3.64. The summed E-state index contributed by atoms with van der Waals surface area (Å²) in [7, 11) is 0. The topological polar surface area (TPSA) is 68.0 Å². The number of thiazole rings is 1. The molecule has 0 saturated heterocycles. The Morgan fingerprint density at radius 3 is 2.91 bits per heavy atom. The summed E-state index contributed by atoms with van der Waals surface area (Å²) >= 11 is 1.10. The summed E-state index contributed by atoms with van der Waals surface area (Å²) in [6.45, 7) is 1.61. The average molecular weight is 321 g/mol. The molecule has 1 N–H and O–H groups in total. The number of carbonyl (C=O) groups is 1. The summed E-state index contributed by atoms with van der Waals surface area (Å²) in [5.74, 6) is -1.25. The molecule has 1 amide bonds. The highest BCUT2D eigenvalue weighted by atomic mass is 32.1. The number of aromatic nitrogens is 2. The summed E-state index contributed by atoms with van der Waals surface area (Å²) in [4.78, 5) is 19.8. The van der Waals surface area contributed by atoms with E-state index in [1.165, 1.54) is 11.8 Å². The second-order valence-electron chi connectivity index (χ2n) is 4.37. The molecule has 3 aromatic rings. The lowest BCUT2D eigenvalue weighted by Crippen LogP contribution is -2.13. The molecule has 112 valence electrons.